The molecule has 0 fully saturated rings. The summed E-state index contributed by atoms with van der Waals surface area (Å²) >= 11 is 5.58. The maximum atomic E-state index is 5.58. The Morgan fingerprint density at radius 2 is 2.10 bits per heavy atom. The second-order valence-corrected chi connectivity index (χ2v) is 6.20. The SMILES string of the molecule is CN[SiH](CCCCl)N(C)C. The molecule has 2 nitrogen and oxygen atoms in total. The molecule has 0 aromatic heterocycles. The third-order valence-corrected chi connectivity index (χ3v) is 4.70. The summed E-state index contributed by atoms with van der Waals surface area (Å²) in [6.07, 6.45) is 1.14. The average molecular weight is 181 g/mol. The lowest BCUT2D eigenvalue weighted by molar-refractivity contribution is 0.616. The highest BCUT2D eigenvalue weighted by molar-refractivity contribution is 6.52. The van der Waals surface area contributed by atoms with Crippen LogP contribution in [0.2, 0.25) is 6.04 Å². The van der Waals surface area contributed by atoms with Crippen LogP contribution in [0.25, 0.3) is 0 Å². The summed E-state index contributed by atoms with van der Waals surface area (Å²) in [7, 11) is 5.48. The molecule has 10 heavy (non-hydrogen) atoms. The van der Waals surface area contributed by atoms with E-state index < -0.39 is 9.12 Å². The molecule has 0 amide bonds. The molecule has 0 rings (SSSR count). The monoisotopic (exact) mass is 180 g/mol. The van der Waals surface area contributed by atoms with E-state index in [1.54, 1.807) is 0 Å². The standard InChI is InChI=1S/C6H17ClN2Si/c1-8-10(9(2)3)6-4-5-7/h8,10H,4-6H2,1-3H3. The van der Waals surface area contributed by atoms with Crippen LogP contribution in [0.1, 0.15) is 6.42 Å². The van der Waals surface area contributed by atoms with E-state index >= 15 is 0 Å². The number of hydrogen-bond acceptors (Lipinski definition) is 2. The molecule has 0 aromatic rings. The molecular weight excluding hydrogens is 164 g/mol. The van der Waals surface area contributed by atoms with Crippen molar-refractivity contribution >= 4 is 20.7 Å². The smallest absolute Gasteiger partial charge is 0.186 e. The van der Waals surface area contributed by atoms with E-state index in [0.717, 1.165) is 12.3 Å². The van der Waals surface area contributed by atoms with Crippen molar-refractivity contribution in [3.63, 3.8) is 0 Å². The molecule has 1 unspecified atom stereocenters. The quantitative estimate of drug-likeness (QED) is 0.493. The van der Waals surface area contributed by atoms with Crippen LogP contribution in [0.5, 0.6) is 0 Å². The molecule has 0 aromatic carbocycles. The van der Waals surface area contributed by atoms with Crippen molar-refractivity contribution in [1.82, 2.24) is 9.55 Å². The maximum absolute atomic E-state index is 5.58. The Kier molecular flexibility index (Phi) is 6.42. The van der Waals surface area contributed by atoms with Gasteiger partial charge >= 0.3 is 0 Å². The highest BCUT2D eigenvalue weighted by Gasteiger charge is 2.09. The van der Waals surface area contributed by atoms with E-state index in [0.29, 0.717) is 0 Å². The Hall–Kier alpha value is 0.427. The predicted molar refractivity (Wildman–Crippen MR) is 50.0 cm³/mol. The van der Waals surface area contributed by atoms with Crippen LogP contribution >= 0.6 is 11.6 Å². The molecule has 0 saturated heterocycles. The molecule has 1 N–H and O–H groups in total. The lowest BCUT2D eigenvalue weighted by atomic mass is 10.6. The summed E-state index contributed by atoms with van der Waals surface area (Å²) in [5.41, 5.74) is 0. The first-order valence-corrected chi connectivity index (χ1v) is 6.06. The summed E-state index contributed by atoms with van der Waals surface area (Å²) in [4.78, 5) is 3.34. The Balaban J connectivity index is 3.40. The van der Waals surface area contributed by atoms with Crippen LogP contribution < -0.4 is 4.98 Å². The van der Waals surface area contributed by atoms with Gasteiger partial charge in [0.15, 0.2) is 9.12 Å². The molecule has 0 aliphatic heterocycles. The number of halogens is 1. The summed E-state index contributed by atoms with van der Waals surface area (Å²) in [5.74, 6) is 0.791. The van der Waals surface area contributed by atoms with Gasteiger partial charge in [-0.1, -0.05) is 0 Å². The lowest BCUT2D eigenvalue weighted by Crippen LogP contribution is -2.44. The zero-order chi connectivity index (χ0) is 7.98. The second kappa shape index (κ2) is 6.16. The van der Waals surface area contributed by atoms with Crippen LogP contribution in [0.3, 0.4) is 0 Å². The van der Waals surface area contributed by atoms with Crippen LogP contribution in [-0.2, 0) is 0 Å². The van der Waals surface area contributed by atoms with Gasteiger partial charge in [0.05, 0.1) is 0 Å². The molecule has 0 radical (unpaired) electrons. The summed E-state index contributed by atoms with van der Waals surface area (Å²) in [6.45, 7) is 0. The minimum Gasteiger partial charge on any atom is -0.331 e. The van der Waals surface area contributed by atoms with E-state index in [9.17, 15) is 0 Å². The fourth-order valence-electron chi connectivity index (χ4n) is 0.931. The Bertz CT molecular complexity index is 80.1. The predicted octanol–water partition coefficient (Wildman–Crippen LogP) is 0.617. The number of nitrogens with one attached hydrogen (secondary N) is 1. The fourth-order valence-corrected chi connectivity index (χ4v) is 3.26. The van der Waals surface area contributed by atoms with Gasteiger partial charge in [0.2, 0.25) is 0 Å². The van der Waals surface area contributed by atoms with Crippen LogP contribution in [0, 0.1) is 0 Å². The number of rotatable bonds is 5. The van der Waals surface area contributed by atoms with Crippen molar-refractivity contribution in [1.29, 1.82) is 0 Å². The zero-order valence-corrected chi connectivity index (χ0v) is 8.93. The van der Waals surface area contributed by atoms with E-state index in [1.165, 1.54) is 6.04 Å². The van der Waals surface area contributed by atoms with Gasteiger partial charge in [-0.05, 0) is 33.6 Å². The Morgan fingerprint density at radius 1 is 1.50 bits per heavy atom. The summed E-state index contributed by atoms with van der Waals surface area (Å²) < 4.78 is 2.30. The third-order valence-electron chi connectivity index (χ3n) is 1.57. The van der Waals surface area contributed by atoms with Gasteiger partial charge < -0.3 is 9.55 Å². The first-order chi connectivity index (χ1) is 4.72. The molecule has 0 saturated carbocycles. The molecule has 0 bridgehead atoms. The Morgan fingerprint density at radius 3 is 2.40 bits per heavy atom. The third kappa shape index (κ3) is 4.28. The minimum absolute atomic E-state index is 0.791. The Labute approximate surface area is 70.3 Å². The first kappa shape index (κ1) is 10.4. The molecule has 0 aliphatic carbocycles. The molecule has 0 spiro atoms. The van der Waals surface area contributed by atoms with Crippen LogP contribution in [0.15, 0.2) is 0 Å². The van der Waals surface area contributed by atoms with E-state index in [4.69, 9.17) is 11.6 Å². The van der Waals surface area contributed by atoms with Crippen molar-refractivity contribution in [2.75, 3.05) is 27.0 Å². The number of alkyl halides is 1. The molecule has 0 heterocycles. The van der Waals surface area contributed by atoms with Gasteiger partial charge in [-0.2, -0.15) is 0 Å². The van der Waals surface area contributed by atoms with Gasteiger partial charge in [0.1, 0.15) is 0 Å². The molecule has 4 heteroatoms. The summed E-state index contributed by atoms with van der Waals surface area (Å²) in [6, 6.07) is 1.26. The van der Waals surface area contributed by atoms with Crippen molar-refractivity contribution in [3.05, 3.63) is 0 Å². The van der Waals surface area contributed by atoms with Gasteiger partial charge in [-0.3, -0.25) is 0 Å². The van der Waals surface area contributed by atoms with Crippen molar-refractivity contribution in [2.45, 2.75) is 12.5 Å². The normalized spacial score (nSPS) is 14.1. The molecule has 1 atom stereocenters. The van der Waals surface area contributed by atoms with Crippen molar-refractivity contribution in [3.8, 4) is 0 Å². The largest absolute Gasteiger partial charge is 0.331 e. The van der Waals surface area contributed by atoms with E-state index in [2.05, 4.69) is 23.6 Å². The van der Waals surface area contributed by atoms with Crippen LogP contribution in [-0.4, -0.2) is 40.7 Å². The van der Waals surface area contributed by atoms with E-state index in [1.807, 2.05) is 7.05 Å². The van der Waals surface area contributed by atoms with Gasteiger partial charge in [-0.15, -0.1) is 11.6 Å². The average Bonchev–Trinajstić information content (AvgIpc) is 1.89. The lowest BCUT2D eigenvalue weighted by Gasteiger charge is -2.20. The summed E-state index contributed by atoms with van der Waals surface area (Å²) in [5, 5.41) is 0. The molecular formula is C6H17ClN2Si. The van der Waals surface area contributed by atoms with Crippen LogP contribution in [0.4, 0.5) is 0 Å². The number of nitrogens with zero attached hydrogens (tertiary/aromatic N) is 1. The van der Waals surface area contributed by atoms with Crippen molar-refractivity contribution < 1.29 is 0 Å². The van der Waals surface area contributed by atoms with Gasteiger partial charge in [0, 0.05) is 5.88 Å². The van der Waals surface area contributed by atoms with Crippen molar-refractivity contribution in [2.24, 2.45) is 0 Å². The maximum Gasteiger partial charge on any atom is 0.186 e. The van der Waals surface area contributed by atoms with Gasteiger partial charge in [0.25, 0.3) is 0 Å². The second-order valence-electron chi connectivity index (χ2n) is 2.60. The van der Waals surface area contributed by atoms with E-state index in [-0.39, 0.29) is 0 Å². The highest BCUT2D eigenvalue weighted by atomic mass is 35.5. The van der Waals surface area contributed by atoms with Gasteiger partial charge in [-0.25, -0.2) is 0 Å². The minimum atomic E-state index is -0.805. The number of hydrogen-bond donors (Lipinski definition) is 1. The highest BCUT2D eigenvalue weighted by Crippen LogP contribution is 1.98. The topological polar surface area (TPSA) is 15.3 Å². The zero-order valence-electron chi connectivity index (χ0n) is 7.02. The first-order valence-electron chi connectivity index (χ1n) is 3.62. The fraction of sp³-hybridized carbons (Fsp3) is 1.00. The molecule has 0 aliphatic rings. The molecule has 62 valence electrons.